The van der Waals surface area contributed by atoms with Gasteiger partial charge in [-0.3, -0.25) is 9.48 Å². The number of nitrogens with zero attached hydrogens (tertiary/aromatic N) is 2. The van der Waals surface area contributed by atoms with Crippen molar-refractivity contribution >= 4 is 11.7 Å². The van der Waals surface area contributed by atoms with Crippen molar-refractivity contribution < 1.29 is 14.3 Å². The smallest absolute Gasteiger partial charge is 0.259 e. The molecule has 0 aliphatic rings. The van der Waals surface area contributed by atoms with Crippen molar-refractivity contribution in [1.82, 2.24) is 9.78 Å². The largest absolute Gasteiger partial charge is 0.395 e. The summed E-state index contributed by atoms with van der Waals surface area (Å²) in [6, 6.07) is 5.74. The molecule has 1 aromatic carbocycles. The maximum absolute atomic E-state index is 13.9. The van der Waals surface area contributed by atoms with Gasteiger partial charge in [-0.1, -0.05) is 11.8 Å². The minimum atomic E-state index is -0.653. The van der Waals surface area contributed by atoms with Gasteiger partial charge in [-0.15, -0.1) is 0 Å². The van der Waals surface area contributed by atoms with Gasteiger partial charge in [0.15, 0.2) is 5.82 Å². The molecule has 5 nitrogen and oxygen atoms in total. The molecule has 6 heteroatoms. The lowest BCUT2D eigenvalue weighted by Crippen LogP contribution is -2.14. The number of hydrogen-bond donors (Lipinski definition) is 2. The number of aliphatic hydroxyl groups is 1. The quantitative estimate of drug-likeness (QED) is 0.842. The van der Waals surface area contributed by atoms with E-state index in [-0.39, 0.29) is 12.2 Å². The van der Waals surface area contributed by atoms with E-state index in [4.69, 9.17) is 5.11 Å². The first-order chi connectivity index (χ1) is 10.1. The molecule has 2 aromatic rings. The zero-order valence-corrected chi connectivity index (χ0v) is 11.4. The molecule has 2 N–H and O–H groups in total. The number of carbonyl (C=O) groups excluding carboxylic acids is 1. The van der Waals surface area contributed by atoms with E-state index in [9.17, 15) is 9.18 Å². The van der Waals surface area contributed by atoms with Gasteiger partial charge in [0.25, 0.3) is 5.91 Å². The molecule has 1 amide bonds. The number of halogens is 1. The van der Waals surface area contributed by atoms with E-state index >= 15 is 0 Å². The third-order valence-corrected chi connectivity index (χ3v) is 2.64. The molecule has 0 radical (unpaired) electrons. The van der Waals surface area contributed by atoms with Gasteiger partial charge in [-0.05, 0) is 18.2 Å². The number of carbonyl (C=O) groups is 1. The predicted molar refractivity (Wildman–Crippen MR) is 76.1 cm³/mol. The van der Waals surface area contributed by atoms with Gasteiger partial charge in [0.1, 0.15) is 5.82 Å². The molecule has 0 saturated carbocycles. The highest BCUT2D eigenvalue weighted by atomic mass is 19.1. The van der Waals surface area contributed by atoms with Crippen molar-refractivity contribution in [2.45, 2.75) is 6.42 Å². The fraction of sp³-hybridized carbons (Fsp3) is 0.200. The van der Waals surface area contributed by atoms with Crippen LogP contribution < -0.4 is 5.32 Å². The average Bonchev–Trinajstić information content (AvgIpc) is 2.84. The van der Waals surface area contributed by atoms with Crippen molar-refractivity contribution in [1.29, 1.82) is 0 Å². The van der Waals surface area contributed by atoms with Crippen molar-refractivity contribution in [3.05, 3.63) is 47.4 Å². The van der Waals surface area contributed by atoms with Crippen LogP contribution in [0, 0.1) is 17.7 Å². The summed E-state index contributed by atoms with van der Waals surface area (Å²) >= 11 is 0. The van der Waals surface area contributed by atoms with Crippen LogP contribution in [0.25, 0.3) is 0 Å². The van der Waals surface area contributed by atoms with Gasteiger partial charge in [-0.25, -0.2) is 4.39 Å². The van der Waals surface area contributed by atoms with Crippen LogP contribution in [-0.2, 0) is 7.05 Å². The summed E-state index contributed by atoms with van der Waals surface area (Å²) in [5.41, 5.74) is 0.378. The minimum Gasteiger partial charge on any atom is -0.395 e. The fourth-order valence-corrected chi connectivity index (χ4v) is 1.66. The van der Waals surface area contributed by atoms with Crippen molar-refractivity contribution in [2.75, 3.05) is 11.9 Å². The molecule has 0 unspecified atom stereocenters. The molecule has 0 fully saturated rings. The number of hydrogen-bond acceptors (Lipinski definition) is 3. The first-order valence-electron chi connectivity index (χ1n) is 6.30. The Kier molecular flexibility index (Phi) is 4.69. The van der Waals surface area contributed by atoms with E-state index in [1.807, 2.05) is 0 Å². The Morgan fingerprint density at radius 3 is 2.90 bits per heavy atom. The van der Waals surface area contributed by atoms with E-state index in [1.165, 1.54) is 16.8 Å². The van der Waals surface area contributed by atoms with Crippen LogP contribution in [-0.4, -0.2) is 27.4 Å². The first-order valence-corrected chi connectivity index (χ1v) is 6.30. The summed E-state index contributed by atoms with van der Waals surface area (Å²) in [6.07, 6.45) is 2.00. The third-order valence-electron chi connectivity index (χ3n) is 2.64. The maximum Gasteiger partial charge on any atom is 0.259 e. The van der Waals surface area contributed by atoms with Gasteiger partial charge in [0, 0.05) is 31.3 Å². The standard InChI is InChI=1S/C15H14FN3O2/c1-19-8-7-14(18-19)17-15(21)12-6-5-11(10-13(12)16)4-2-3-9-20/h5-8,10,20H,3,9H2,1H3,(H,17,18,21). The van der Waals surface area contributed by atoms with E-state index in [0.29, 0.717) is 17.8 Å². The number of anilines is 1. The van der Waals surface area contributed by atoms with Crippen LogP contribution in [0.1, 0.15) is 22.3 Å². The SMILES string of the molecule is Cn1ccc(NC(=O)c2ccc(C#CCCO)cc2F)n1. The summed E-state index contributed by atoms with van der Waals surface area (Å²) in [5.74, 6) is 4.53. The topological polar surface area (TPSA) is 67.2 Å². The lowest BCUT2D eigenvalue weighted by molar-refractivity contribution is 0.102. The Morgan fingerprint density at radius 1 is 1.48 bits per heavy atom. The number of aryl methyl sites for hydroxylation is 1. The highest BCUT2D eigenvalue weighted by Crippen LogP contribution is 2.12. The van der Waals surface area contributed by atoms with Gasteiger partial charge in [0.05, 0.1) is 12.2 Å². The highest BCUT2D eigenvalue weighted by Gasteiger charge is 2.13. The summed E-state index contributed by atoms with van der Waals surface area (Å²) in [7, 11) is 1.72. The Balaban J connectivity index is 2.13. The van der Waals surface area contributed by atoms with Gasteiger partial charge >= 0.3 is 0 Å². The molecule has 0 bridgehead atoms. The molecule has 0 atom stereocenters. The Hall–Kier alpha value is -2.65. The maximum atomic E-state index is 13.9. The van der Waals surface area contributed by atoms with Gasteiger partial charge < -0.3 is 10.4 Å². The molecule has 0 saturated heterocycles. The molecular formula is C15H14FN3O2. The monoisotopic (exact) mass is 287 g/mol. The normalized spacial score (nSPS) is 9.86. The lowest BCUT2D eigenvalue weighted by Gasteiger charge is -2.03. The number of aromatic nitrogens is 2. The number of nitrogens with one attached hydrogen (secondary N) is 1. The van der Waals surface area contributed by atoms with Gasteiger partial charge in [0.2, 0.25) is 0 Å². The molecule has 1 heterocycles. The van der Waals surface area contributed by atoms with Gasteiger partial charge in [-0.2, -0.15) is 5.10 Å². The van der Waals surface area contributed by atoms with Crippen LogP contribution in [0.15, 0.2) is 30.5 Å². The summed E-state index contributed by atoms with van der Waals surface area (Å²) in [5, 5.41) is 15.1. The zero-order valence-electron chi connectivity index (χ0n) is 11.4. The second-order valence-electron chi connectivity index (χ2n) is 4.30. The first kappa shape index (κ1) is 14.8. The second kappa shape index (κ2) is 6.68. The zero-order chi connectivity index (χ0) is 15.2. The van der Waals surface area contributed by atoms with E-state index < -0.39 is 11.7 Å². The number of benzene rings is 1. The van der Waals surface area contributed by atoms with E-state index in [1.54, 1.807) is 25.4 Å². The molecule has 0 spiro atoms. The van der Waals surface area contributed by atoms with Crippen molar-refractivity contribution in [3.63, 3.8) is 0 Å². The minimum absolute atomic E-state index is 0.0416. The summed E-state index contributed by atoms with van der Waals surface area (Å²) < 4.78 is 15.4. The van der Waals surface area contributed by atoms with E-state index in [0.717, 1.165) is 0 Å². The Labute approximate surface area is 121 Å². The van der Waals surface area contributed by atoms with Crippen molar-refractivity contribution in [3.8, 4) is 11.8 Å². The third kappa shape index (κ3) is 3.91. The number of amides is 1. The fourth-order valence-electron chi connectivity index (χ4n) is 1.66. The number of aliphatic hydroxyl groups excluding tert-OH is 1. The molecule has 2 rings (SSSR count). The Morgan fingerprint density at radius 2 is 2.29 bits per heavy atom. The Bertz CT molecular complexity index is 713. The molecule has 1 aromatic heterocycles. The van der Waals surface area contributed by atoms with Crippen LogP contribution in [0.3, 0.4) is 0 Å². The van der Waals surface area contributed by atoms with E-state index in [2.05, 4.69) is 22.3 Å². The van der Waals surface area contributed by atoms with Crippen LogP contribution in [0.4, 0.5) is 10.2 Å². The van der Waals surface area contributed by atoms with Crippen molar-refractivity contribution in [2.24, 2.45) is 7.05 Å². The lowest BCUT2D eigenvalue weighted by atomic mass is 10.1. The summed E-state index contributed by atoms with van der Waals surface area (Å²) in [6.45, 7) is -0.0416. The van der Waals surface area contributed by atoms with Crippen LogP contribution in [0.5, 0.6) is 0 Å². The molecule has 0 aliphatic carbocycles. The predicted octanol–water partition coefficient (Wildman–Crippen LogP) is 1.55. The highest BCUT2D eigenvalue weighted by molar-refractivity contribution is 6.04. The summed E-state index contributed by atoms with van der Waals surface area (Å²) in [4.78, 5) is 11.9. The molecule has 21 heavy (non-hydrogen) atoms. The van der Waals surface area contributed by atoms with Crippen LogP contribution >= 0.6 is 0 Å². The molecular weight excluding hydrogens is 273 g/mol. The molecule has 108 valence electrons. The molecule has 0 aliphatic heterocycles. The van der Waals surface area contributed by atoms with Crippen LogP contribution in [0.2, 0.25) is 0 Å². The average molecular weight is 287 g/mol. The number of rotatable bonds is 3. The second-order valence-corrected chi connectivity index (χ2v) is 4.30.